The minimum Gasteiger partial charge on any atom is -0.388 e. The van der Waals surface area contributed by atoms with Gasteiger partial charge in [-0.05, 0) is 49.5 Å². The van der Waals surface area contributed by atoms with Crippen molar-refractivity contribution in [2.24, 2.45) is 20.0 Å². The molecule has 0 spiro atoms. The van der Waals surface area contributed by atoms with Crippen molar-refractivity contribution in [1.29, 1.82) is 0 Å². The third-order valence-corrected chi connectivity index (χ3v) is 6.96. The quantitative estimate of drug-likeness (QED) is 0.278. The molecule has 5 atom stereocenters. The molecule has 9 heteroatoms. The first-order valence-electron chi connectivity index (χ1n) is 11.0. The van der Waals surface area contributed by atoms with Crippen LogP contribution in [0.1, 0.15) is 23.3 Å². The predicted octanol–water partition coefficient (Wildman–Crippen LogP) is 1.55. The predicted molar refractivity (Wildman–Crippen MR) is 130 cm³/mol. The molecule has 0 fully saturated rings. The third-order valence-electron chi connectivity index (χ3n) is 6.96. The summed E-state index contributed by atoms with van der Waals surface area (Å²) in [7, 11) is 0. The summed E-state index contributed by atoms with van der Waals surface area (Å²) in [5.41, 5.74) is 1.43. The number of guanidine groups is 1. The molecule has 4 aromatic rings. The topological polar surface area (TPSA) is 142 Å². The van der Waals surface area contributed by atoms with Crippen LogP contribution in [-0.4, -0.2) is 62.7 Å². The van der Waals surface area contributed by atoms with E-state index in [2.05, 4.69) is 37.4 Å². The largest absolute Gasteiger partial charge is 0.388 e. The van der Waals surface area contributed by atoms with Crippen molar-refractivity contribution in [1.82, 2.24) is 5.32 Å². The zero-order valence-electron chi connectivity index (χ0n) is 17.7. The maximum absolute atomic E-state index is 11.0. The fraction of sp³-hybridized carbons (Fsp3) is 0.200. The van der Waals surface area contributed by atoms with Crippen LogP contribution >= 0.6 is 0 Å². The van der Waals surface area contributed by atoms with Crippen molar-refractivity contribution >= 4 is 56.2 Å². The van der Waals surface area contributed by atoms with E-state index in [1.54, 1.807) is 0 Å². The summed E-state index contributed by atoms with van der Waals surface area (Å²) in [6.07, 6.45) is -4.00. The van der Waals surface area contributed by atoms with E-state index in [9.17, 15) is 20.4 Å². The van der Waals surface area contributed by atoms with E-state index in [0.717, 1.165) is 32.3 Å². The van der Waals surface area contributed by atoms with Crippen molar-refractivity contribution in [2.45, 2.75) is 30.6 Å². The summed E-state index contributed by atoms with van der Waals surface area (Å²) in [5.74, 6) is 0.302. The van der Waals surface area contributed by atoms with E-state index in [0.29, 0.717) is 11.1 Å². The van der Waals surface area contributed by atoms with E-state index in [4.69, 9.17) is 0 Å². The van der Waals surface area contributed by atoms with Crippen LogP contribution in [0.5, 0.6) is 0 Å². The van der Waals surface area contributed by atoms with Gasteiger partial charge in [0.2, 0.25) is 5.96 Å². The molecule has 7 rings (SSSR count). The SMILES string of the molecule is OC1N=C(N[C@H]2c3c(cc4ccc5cccc6ccc3c4c56)[C@@H](O)[C@H](O)[C@@H]2O)N=C2N=CN=C21. The molecule has 2 heterocycles. The molecular weight excluding hydrogens is 434 g/mol. The first-order valence-corrected chi connectivity index (χ1v) is 11.0. The lowest BCUT2D eigenvalue weighted by Gasteiger charge is -2.39. The molecular formula is C25H19N5O4. The smallest absolute Gasteiger partial charge is 0.223 e. The zero-order valence-corrected chi connectivity index (χ0v) is 17.7. The summed E-state index contributed by atoms with van der Waals surface area (Å²) in [6, 6.07) is 15.2. The van der Waals surface area contributed by atoms with Gasteiger partial charge in [-0.1, -0.05) is 42.5 Å². The van der Waals surface area contributed by atoms with Gasteiger partial charge < -0.3 is 25.7 Å². The Hall–Kier alpha value is -3.76. The summed E-state index contributed by atoms with van der Waals surface area (Å²) in [4.78, 5) is 16.5. The van der Waals surface area contributed by atoms with Gasteiger partial charge in [-0.3, -0.25) is 0 Å². The lowest BCUT2D eigenvalue weighted by molar-refractivity contribution is -0.0821. The summed E-state index contributed by atoms with van der Waals surface area (Å²) < 4.78 is 0. The highest BCUT2D eigenvalue weighted by atomic mass is 16.4. The Balaban J connectivity index is 1.47. The number of amidine groups is 1. The highest BCUT2D eigenvalue weighted by Gasteiger charge is 2.43. The Morgan fingerprint density at radius 1 is 0.824 bits per heavy atom. The molecule has 1 unspecified atom stereocenters. The Bertz CT molecular complexity index is 1610. The molecule has 0 bridgehead atoms. The average Bonchev–Trinajstić information content (AvgIpc) is 3.33. The lowest BCUT2D eigenvalue weighted by atomic mass is 9.77. The van der Waals surface area contributed by atoms with Crippen molar-refractivity contribution in [2.75, 3.05) is 0 Å². The molecule has 0 saturated heterocycles. The second kappa shape index (κ2) is 6.87. The van der Waals surface area contributed by atoms with Crippen LogP contribution in [0.2, 0.25) is 0 Å². The highest BCUT2D eigenvalue weighted by Crippen LogP contribution is 2.45. The van der Waals surface area contributed by atoms with Crippen molar-refractivity contribution in [3.8, 4) is 0 Å². The number of hydrogen-bond donors (Lipinski definition) is 5. The minimum atomic E-state index is -1.43. The number of aliphatic imine (C=N–C) groups is 4. The van der Waals surface area contributed by atoms with Crippen LogP contribution in [0.15, 0.2) is 68.5 Å². The monoisotopic (exact) mass is 453 g/mol. The standard InChI is InChI=1S/C25H19N5O4/c31-20-14-8-12-5-4-10-2-1-3-11-6-7-13(16(12)15(10)11)17(14)18(21(32)22(20)33)28-25-29-23-19(24(34)30-25)26-9-27-23/h1-9,18,20-22,24,31-34H,(H,28,30)/t18-,20+,21+,22-,24?/m0/s1. The fourth-order valence-electron chi connectivity index (χ4n) is 5.40. The van der Waals surface area contributed by atoms with Gasteiger partial charge in [0.1, 0.15) is 30.4 Å². The van der Waals surface area contributed by atoms with Gasteiger partial charge in [0.05, 0.1) is 6.04 Å². The maximum Gasteiger partial charge on any atom is 0.223 e. The van der Waals surface area contributed by atoms with Crippen molar-refractivity contribution in [3.05, 3.63) is 59.7 Å². The van der Waals surface area contributed by atoms with Gasteiger partial charge in [-0.15, -0.1) is 0 Å². The lowest BCUT2D eigenvalue weighted by Crippen LogP contribution is -2.49. The normalized spacial score (nSPS) is 28.1. The van der Waals surface area contributed by atoms with Gasteiger partial charge >= 0.3 is 0 Å². The van der Waals surface area contributed by atoms with Gasteiger partial charge in [-0.25, -0.2) is 15.0 Å². The molecule has 0 amide bonds. The van der Waals surface area contributed by atoms with E-state index in [1.165, 1.54) is 6.34 Å². The number of fused-ring (bicyclic) bond motifs is 3. The molecule has 0 saturated carbocycles. The molecule has 34 heavy (non-hydrogen) atoms. The summed E-state index contributed by atoms with van der Waals surface area (Å²) in [6.45, 7) is 0. The first-order chi connectivity index (χ1) is 16.5. The van der Waals surface area contributed by atoms with Gasteiger partial charge in [-0.2, -0.15) is 4.99 Å². The van der Waals surface area contributed by atoms with E-state index < -0.39 is 30.6 Å². The molecule has 1 aliphatic carbocycles. The van der Waals surface area contributed by atoms with E-state index in [-0.39, 0.29) is 17.5 Å². The van der Waals surface area contributed by atoms with E-state index in [1.807, 2.05) is 36.4 Å². The number of aliphatic hydroxyl groups is 4. The molecule has 0 radical (unpaired) electrons. The molecule has 4 aromatic carbocycles. The minimum absolute atomic E-state index is 0.0600. The van der Waals surface area contributed by atoms with E-state index >= 15 is 0 Å². The zero-order chi connectivity index (χ0) is 23.1. The van der Waals surface area contributed by atoms with Crippen molar-refractivity contribution < 1.29 is 20.4 Å². The van der Waals surface area contributed by atoms with Gasteiger partial charge in [0, 0.05) is 0 Å². The van der Waals surface area contributed by atoms with Crippen molar-refractivity contribution in [3.63, 3.8) is 0 Å². The van der Waals surface area contributed by atoms with Crippen LogP contribution in [0.3, 0.4) is 0 Å². The first kappa shape index (κ1) is 19.7. The number of rotatable bonds is 1. The number of hydrogen-bond acceptors (Lipinski definition) is 9. The van der Waals surface area contributed by atoms with Crippen LogP contribution in [0.25, 0.3) is 32.3 Å². The molecule has 3 aliphatic rings. The van der Waals surface area contributed by atoms with Crippen LogP contribution in [0.4, 0.5) is 0 Å². The average molecular weight is 453 g/mol. The summed E-state index contributed by atoms with van der Waals surface area (Å²) >= 11 is 0. The van der Waals surface area contributed by atoms with Crippen LogP contribution < -0.4 is 5.32 Å². The Labute approximate surface area is 192 Å². The number of nitrogens with one attached hydrogen (secondary N) is 1. The van der Waals surface area contributed by atoms with Gasteiger partial charge in [0.25, 0.3) is 0 Å². The summed E-state index contributed by atoms with van der Waals surface area (Å²) in [5, 5.41) is 52.1. The third kappa shape index (κ3) is 2.57. The van der Waals surface area contributed by atoms with Gasteiger partial charge in [0.15, 0.2) is 12.1 Å². The highest BCUT2D eigenvalue weighted by molar-refractivity contribution is 6.49. The molecule has 9 nitrogen and oxygen atoms in total. The second-order valence-electron chi connectivity index (χ2n) is 8.80. The molecule has 5 N–H and O–H groups in total. The molecule has 2 aliphatic heterocycles. The molecule has 168 valence electrons. The molecule has 0 aromatic heterocycles. The Kier molecular flexibility index (Phi) is 3.98. The second-order valence-corrected chi connectivity index (χ2v) is 8.80. The number of nitrogens with zero attached hydrogens (tertiary/aromatic N) is 4. The van der Waals surface area contributed by atoms with Crippen LogP contribution in [-0.2, 0) is 0 Å². The maximum atomic E-state index is 11.0. The Morgan fingerprint density at radius 3 is 2.41 bits per heavy atom. The number of benzene rings is 4. The Morgan fingerprint density at radius 2 is 1.59 bits per heavy atom. The fourth-order valence-corrected chi connectivity index (χ4v) is 5.40. The van der Waals surface area contributed by atoms with Crippen LogP contribution in [0, 0.1) is 0 Å². The number of aliphatic hydroxyl groups excluding tert-OH is 4.